The number of urea groups is 1. The molecule has 2 aromatic rings. The van der Waals surface area contributed by atoms with Crippen molar-refractivity contribution in [3.8, 4) is 0 Å². The van der Waals surface area contributed by atoms with E-state index in [9.17, 15) is 13.2 Å². The first-order valence-corrected chi connectivity index (χ1v) is 8.87. The first-order valence-electron chi connectivity index (χ1n) is 7.39. The van der Waals surface area contributed by atoms with Gasteiger partial charge in [-0.2, -0.15) is 0 Å². The fraction of sp³-hybridized carbons (Fsp3) is 0.250. The van der Waals surface area contributed by atoms with Crippen LogP contribution in [0.3, 0.4) is 0 Å². The second kappa shape index (κ2) is 7.89. The standard InChI is InChI=1S/C16H20N4O3S/c1-12(14-6-3-7-15(9-14)24(22,23)17-2)20-16(21)19-11-13-5-4-8-18-10-13/h3-10,12,17H,11H2,1-2H3,(H2,19,20,21). The molecule has 2 amide bonds. The molecule has 128 valence electrons. The lowest BCUT2D eigenvalue weighted by atomic mass is 10.1. The number of carbonyl (C=O) groups is 1. The minimum Gasteiger partial charge on any atom is -0.334 e. The van der Waals surface area contributed by atoms with E-state index in [1.54, 1.807) is 37.5 Å². The summed E-state index contributed by atoms with van der Waals surface area (Å²) in [6.45, 7) is 2.15. The number of hydrogen-bond donors (Lipinski definition) is 3. The molecule has 1 unspecified atom stereocenters. The molecule has 0 spiro atoms. The molecule has 1 aromatic heterocycles. The molecule has 8 heteroatoms. The average molecular weight is 348 g/mol. The number of nitrogens with one attached hydrogen (secondary N) is 3. The second-order valence-corrected chi connectivity index (χ2v) is 7.08. The molecule has 0 fully saturated rings. The lowest BCUT2D eigenvalue weighted by Gasteiger charge is -2.16. The zero-order chi connectivity index (χ0) is 17.6. The summed E-state index contributed by atoms with van der Waals surface area (Å²) < 4.78 is 26.0. The lowest BCUT2D eigenvalue weighted by Crippen LogP contribution is -2.36. The Kier molecular flexibility index (Phi) is 5.88. The highest BCUT2D eigenvalue weighted by Crippen LogP contribution is 2.17. The van der Waals surface area contributed by atoms with Gasteiger partial charge in [-0.05, 0) is 43.3 Å². The molecule has 0 saturated carbocycles. The minimum atomic E-state index is -3.51. The minimum absolute atomic E-state index is 0.159. The van der Waals surface area contributed by atoms with Gasteiger partial charge in [0.25, 0.3) is 0 Å². The monoisotopic (exact) mass is 348 g/mol. The molecule has 1 aromatic carbocycles. The van der Waals surface area contributed by atoms with E-state index in [1.807, 2.05) is 6.07 Å². The van der Waals surface area contributed by atoms with Crippen molar-refractivity contribution in [2.45, 2.75) is 24.4 Å². The Labute approximate surface area is 141 Å². The van der Waals surface area contributed by atoms with Crippen LogP contribution in [0.4, 0.5) is 4.79 Å². The van der Waals surface area contributed by atoms with Crippen LogP contribution in [0.5, 0.6) is 0 Å². The van der Waals surface area contributed by atoms with Crippen molar-refractivity contribution in [2.75, 3.05) is 7.05 Å². The number of sulfonamides is 1. The Morgan fingerprint density at radius 3 is 2.71 bits per heavy atom. The number of pyridine rings is 1. The summed E-state index contributed by atoms with van der Waals surface area (Å²) in [7, 11) is -2.16. The van der Waals surface area contributed by atoms with Gasteiger partial charge in [-0.25, -0.2) is 17.9 Å². The van der Waals surface area contributed by atoms with Crippen LogP contribution in [0.2, 0.25) is 0 Å². The van der Waals surface area contributed by atoms with Gasteiger partial charge in [-0.3, -0.25) is 4.98 Å². The fourth-order valence-electron chi connectivity index (χ4n) is 2.08. The van der Waals surface area contributed by atoms with Crippen LogP contribution in [-0.4, -0.2) is 26.5 Å². The highest BCUT2D eigenvalue weighted by atomic mass is 32.2. The summed E-state index contributed by atoms with van der Waals surface area (Å²) in [5.41, 5.74) is 1.59. The van der Waals surface area contributed by atoms with Gasteiger partial charge in [-0.15, -0.1) is 0 Å². The SMILES string of the molecule is CNS(=O)(=O)c1cccc(C(C)NC(=O)NCc2cccnc2)c1. The van der Waals surface area contributed by atoms with Crippen LogP contribution in [0.15, 0.2) is 53.7 Å². The van der Waals surface area contributed by atoms with E-state index >= 15 is 0 Å². The molecule has 0 radical (unpaired) electrons. The number of amides is 2. The maximum Gasteiger partial charge on any atom is 0.315 e. The van der Waals surface area contributed by atoms with Crippen molar-refractivity contribution in [3.63, 3.8) is 0 Å². The fourth-order valence-corrected chi connectivity index (χ4v) is 2.87. The van der Waals surface area contributed by atoms with Gasteiger partial charge in [0, 0.05) is 18.9 Å². The summed E-state index contributed by atoms with van der Waals surface area (Å²) in [5, 5.41) is 5.51. The van der Waals surface area contributed by atoms with Crippen LogP contribution in [0, 0.1) is 0 Å². The van der Waals surface area contributed by atoms with E-state index in [0.717, 1.165) is 5.56 Å². The topological polar surface area (TPSA) is 100 Å². The van der Waals surface area contributed by atoms with E-state index in [-0.39, 0.29) is 17.0 Å². The van der Waals surface area contributed by atoms with Gasteiger partial charge in [0.15, 0.2) is 0 Å². The molecular formula is C16H20N4O3S. The Balaban J connectivity index is 1.98. The van der Waals surface area contributed by atoms with Crippen molar-refractivity contribution in [2.24, 2.45) is 0 Å². The van der Waals surface area contributed by atoms with E-state index in [4.69, 9.17) is 0 Å². The van der Waals surface area contributed by atoms with Gasteiger partial charge in [0.2, 0.25) is 10.0 Å². The van der Waals surface area contributed by atoms with E-state index in [0.29, 0.717) is 12.1 Å². The largest absolute Gasteiger partial charge is 0.334 e. The molecule has 0 aliphatic heterocycles. The molecule has 1 atom stereocenters. The normalized spacial score (nSPS) is 12.4. The predicted octanol–water partition coefficient (Wildman–Crippen LogP) is 1.55. The zero-order valence-corrected chi connectivity index (χ0v) is 14.3. The molecule has 0 aliphatic rings. The third kappa shape index (κ3) is 4.77. The lowest BCUT2D eigenvalue weighted by molar-refractivity contribution is 0.237. The van der Waals surface area contributed by atoms with Gasteiger partial charge in [-0.1, -0.05) is 18.2 Å². The quantitative estimate of drug-likeness (QED) is 0.737. The number of carbonyl (C=O) groups excluding carboxylic acids is 1. The summed E-state index contributed by atoms with van der Waals surface area (Å²) in [6.07, 6.45) is 3.34. The molecule has 0 saturated heterocycles. The second-order valence-electron chi connectivity index (χ2n) is 5.19. The summed E-state index contributed by atoms with van der Waals surface area (Å²) in [5.74, 6) is 0. The molecule has 3 N–H and O–H groups in total. The van der Waals surface area contributed by atoms with E-state index in [2.05, 4.69) is 20.3 Å². The smallest absolute Gasteiger partial charge is 0.315 e. The summed E-state index contributed by atoms with van der Waals surface area (Å²) >= 11 is 0. The predicted molar refractivity (Wildman–Crippen MR) is 90.7 cm³/mol. The van der Waals surface area contributed by atoms with Crippen LogP contribution in [0.1, 0.15) is 24.1 Å². The average Bonchev–Trinajstić information content (AvgIpc) is 2.61. The number of rotatable bonds is 6. The Morgan fingerprint density at radius 1 is 1.25 bits per heavy atom. The maximum absolute atomic E-state index is 12.0. The highest BCUT2D eigenvalue weighted by Gasteiger charge is 2.15. The molecule has 2 rings (SSSR count). The first kappa shape index (κ1) is 17.9. The molecule has 24 heavy (non-hydrogen) atoms. The maximum atomic E-state index is 12.0. The number of aromatic nitrogens is 1. The van der Waals surface area contributed by atoms with Crippen LogP contribution < -0.4 is 15.4 Å². The van der Waals surface area contributed by atoms with Gasteiger partial charge < -0.3 is 10.6 Å². The van der Waals surface area contributed by atoms with Crippen molar-refractivity contribution >= 4 is 16.1 Å². The van der Waals surface area contributed by atoms with Gasteiger partial charge >= 0.3 is 6.03 Å². The van der Waals surface area contributed by atoms with Gasteiger partial charge in [0.05, 0.1) is 10.9 Å². The zero-order valence-electron chi connectivity index (χ0n) is 13.5. The van der Waals surface area contributed by atoms with Gasteiger partial charge in [0.1, 0.15) is 0 Å². The molecule has 1 heterocycles. The van der Waals surface area contributed by atoms with Crippen molar-refractivity contribution in [3.05, 3.63) is 59.9 Å². The summed E-state index contributed by atoms with van der Waals surface area (Å²) in [4.78, 5) is 16.1. The van der Waals surface area contributed by atoms with Crippen LogP contribution in [0.25, 0.3) is 0 Å². The molecular weight excluding hydrogens is 328 g/mol. The summed E-state index contributed by atoms with van der Waals surface area (Å²) in [6, 6.07) is 9.43. The molecule has 0 bridgehead atoms. The van der Waals surface area contributed by atoms with E-state index in [1.165, 1.54) is 19.2 Å². The highest BCUT2D eigenvalue weighted by molar-refractivity contribution is 7.89. The first-order chi connectivity index (χ1) is 11.4. The van der Waals surface area contributed by atoms with Crippen LogP contribution in [-0.2, 0) is 16.6 Å². The Bertz CT molecular complexity index is 794. The Morgan fingerprint density at radius 2 is 2.04 bits per heavy atom. The van der Waals surface area contributed by atoms with E-state index < -0.39 is 10.0 Å². The number of nitrogens with zero attached hydrogens (tertiary/aromatic N) is 1. The van der Waals surface area contributed by atoms with Crippen molar-refractivity contribution in [1.29, 1.82) is 0 Å². The molecule has 0 aliphatic carbocycles. The van der Waals surface area contributed by atoms with Crippen molar-refractivity contribution < 1.29 is 13.2 Å². The van der Waals surface area contributed by atoms with Crippen molar-refractivity contribution in [1.82, 2.24) is 20.3 Å². The number of benzene rings is 1. The third-order valence-electron chi connectivity index (χ3n) is 3.46. The third-order valence-corrected chi connectivity index (χ3v) is 4.87. The molecule has 7 nitrogen and oxygen atoms in total. The van der Waals surface area contributed by atoms with Crippen LogP contribution >= 0.6 is 0 Å². The Hall–Kier alpha value is -2.45. The number of hydrogen-bond acceptors (Lipinski definition) is 4.